The number of halogens is 3. The highest BCUT2D eigenvalue weighted by molar-refractivity contribution is 9.10. The number of anilines is 1. The lowest BCUT2D eigenvalue weighted by molar-refractivity contribution is -0.387. The molecule has 0 radical (unpaired) electrons. The third-order valence-corrected chi connectivity index (χ3v) is 3.50. The van der Waals surface area contributed by atoms with E-state index in [1.807, 2.05) is 24.3 Å². The molecule has 0 heterocycles. The van der Waals surface area contributed by atoms with Crippen LogP contribution < -0.4 is 5.32 Å². The van der Waals surface area contributed by atoms with E-state index < -0.39 is 22.2 Å². The Morgan fingerprint density at radius 2 is 1.81 bits per heavy atom. The number of benzene rings is 2. The highest BCUT2D eigenvalue weighted by Gasteiger charge is 2.19. The maximum atomic E-state index is 13.7. The Kier molecular flexibility index (Phi) is 4.52. The van der Waals surface area contributed by atoms with Crippen LogP contribution in [0.2, 0.25) is 0 Å². The molecule has 7 heteroatoms. The van der Waals surface area contributed by atoms with Crippen molar-refractivity contribution in [2.45, 2.75) is 13.0 Å². The third-order valence-electron chi connectivity index (χ3n) is 2.98. The van der Waals surface area contributed by atoms with Crippen molar-refractivity contribution in [3.63, 3.8) is 0 Å². The minimum Gasteiger partial charge on any atom is -0.376 e. The summed E-state index contributed by atoms with van der Waals surface area (Å²) in [7, 11) is 0. The molecule has 21 heavy (non-hydrogen) atoms. The van der Waals surface area contributed by atoms with E-state index in [1.165, 1.54) is 0 Å². The topological polar surface area (TPSA) is 55.2 Å². The Balaban J connectivity index is 2.28. The van der Waals surface area contributed by atoms with E-state index in [0.29, 0.717) is 6.07 Å². The molecule has 0 aliphatic heterocycles. The standard InChI is InChI=1S/C14H11BrF2N2O2/c1-8(9-2-4-10(15)5-3-9)18-13-7-14(19(20)21)12(17)6-11(13)16/h2-8,18H,1H3. The van der Waals surface area contributed by atoms with E-state index in [1.54, 1.807) is 6.92 Å². The largest absolute Gasteiger partial charge is 0.376 e. The van der Waals surface area contributed by atoms with Crippen molar-refractivity contribution in [2.75, 3.05) is 5.32 Å². The van der Waals surface area contributed by atoms with Gasteiger partial charge in [0.05, 0.1) is 10.6 Å². The zero-order chi connectivity index (χ0) is 15.6. The van der Waals surface area contributed by atoms with Crippen LogP contribution in [0.5, 0.6) is 0 Å². The van der Waals surface area contributed by atoms with Crippen LogP contribution in [0.4, 0.5) is 20.2 Å². The average molecular weight is 357 g/mol. The van der Waals surface area contributed by atoms with Gasteiger partial charge in [-0.15, -0.1) is 0 Å². The van der Waals surface area contributed by atoms with Crippen molar-refractivity contribution in [1.82, 2.24) is 0 Å². The molecule has 1 N–H and O–H groups in total. The molecule has 1 atom stereocenters. The molecule has 0 spiro atoms. The van der Waals surface area contributed by atoms with Gasteiger partial charge in [-0.3, -0.25) is 10.1 Å². The Hall–Kier alpha value is -2.02. The van der Waals surface area contributed by atoms with Gasteiger partial charge in [0.2, 0.25) is 5.82 Å². The van der Waals surface area contributed by atoms with E-state index in [2.05, 4.69) is 21.2 Å². The molecule has 2 rings (SSSR count). The number of hydrogen-bond acceptors (Lipinski definition) is 3. The molecule has 0 bridgehead atoms. The van der Waals surface area contributed by atoms with Crippen LogP contribution in [0.25, 0.3) is 0 Å². The Bertz CT molecular complexity index is 677. The SMILES string of the molecule is CC(Nc1cc([N+](=O)[O-])c(F)cc1F)c1ccc(Br)cc1. The fourth-order valence-corrected chi connectivity index (χ4v) is 2.12. The summed E-state index contributed by atoms with van der Waals surface area (Å²) in [6.07, 6.45) is 0. The van der Waals surface area contributed by atoms with Crippen LogP contribution in [0.3, 0.4) is 0 Å². The molecule has 0 aliphatic rings. The van der Waals surface area contributed by atoms with E-state index in [4.69, 9.17) is 0 Å². The summed E-state index contributed by atoms with van der Waals surface area (Å²) in [5, 5.41) is 13.5. The first kappa shape index (κ1) is 15.4. The summed E-state index contributed by atoms with van der Waals surface area (Å²) in [6, 6.07) is 8.40. The number of nitro benzene ring substituents is 1. The molecule has 0 fully saturated rings. The lowest BCUT2D eigenvalue weighted by Crippen LogP contribution is -2.09. The second-order valence-electron chi connectivity index (χ2n) is 4.46. The summed E-state index contributed by atoms with van der Waals surface area (Å²) in [5.74, 6) is -2.07. The minimum atomic E-state index is -1.20. The summed E-state index contributed by atoms with van der Waals surface area (Å²) in [4.78, 5) is 9.80. The minimum absolute atomic E-state index is 0.112. The van der Waals surface area contributed by atoms with Crippen molar-refractivity contribution >= 4 is 27.3 Å². The highest BCUT2D eigenvalue weighted by Crippen LogP contribution is 2.28. The number of nitrogens with one attached hydrogen (secondary N) is 1. The van der Waals surface area contributed by atoms with Crippen LogP contribution in [0.1, 0.15) is 18.5 Å². The van der Waals surface area contributed by atoms with Crippen molar-refractivity contribution in [1.29, 1.82) is 0 Å². The zero-order valence-electron chi connectivity index (χ0n) is 10.9. The van der Waals surface area contributed by atoms with Gasteiger partial charge in [0.25, 0.3) is 0 Å². The van der Waals surface area contributed by atoms with Gasteiger partial charge in [0.15, 0.2) is 0 Å². The summed E-state index contributed by atoms with van der Waals surface area (Å²) in [6.45, 7) is 1.78. The molecular weight excluding hydrogens is 346 g/mol. The molecule has 1 unspecified atom stereocenters. The predicted molar refractivity (Wildman–Crippen MR) is 79.2 cm³/mol. The van der Waals surface area contributed by atoms with Crippen LogP contribution in [0, 0.1) is 21.7 Å². The molecule has 0 aliphatic carbocycles. The van der Waals surface area contributed by atoms with Gasteiger partial charge >= 0.3 is 5.69 Å². The van der Waals surface area contributed by atoms with Gasteiger partial charge < -0.3 is 5.32 Å². The van der Waals surface area contributed by atoms with E-state index in [-0.39, 0.29) is 11.7 Å². The smallest absolute Gasteiger partial charge is 0.307 e. The number of nitro groups is 1. The summed E-state index contributed by atoms with van der Waals surface area (Å²) in [5.41, 5.74) is -0.00926. The van der Waals surface area contributed by atoms with Crippen LogP contribution in [-0.4, -0.2) is 4.92 Å². The lowest BCUT2D eigenvalue weighted by atomic mass is 10.1. The van der Waals surface area contributed by atoms with Gasteiger partial charge in [0, 0.05) is 22.6 Å². The van der Waals surface area contributed by atoms with Crippen molar-refractivity contribution in [3.8, 4) is 0 Å². The second-order valence-corrected chi connectivity index (χ2v) is 5.37. The Morgan fingerprint density at radius 1 is 1.19 bits per heavy atom. The van der Waals surface area contributed by atoms with Gasteiger partial charge in [-0.05, 0) is 24.6 Å². The quantitative estimate of drug-likeness (QED) is 0.631. The third kappa shape index (κ3) is 3.55. The molecule has 0 aromatic heterocycles. The summed E-state index contributed by atoms with van der Waals surface area (Å²) < 4.78 is 27.9. The van der Waals surface area contributed by atoms with Gasteiger partial charge in [0.1, 0.15) is 5.82 Å². The Morgan fingerprint density at radius 3 is 2.38 bits per heavy atom. The summed E-state index contributed by atoms with van der Waals surface area (Å²) >= 11 is 3.31. The fraction of sp³-hybridized carbons (Fsp3) is 0.143. The number of nitrogens with zero attached hydrogens (tertiary/aromatic N) is 1. The molecular formula is C14H11BrF2N2O2. The van der Waals surface area contributed by atoms with Crippen molar-refractivity contribution < 1.29 is 13.7 Å². The maximum Gasteiger partial charge on any atom is 0.307 e. The Labute approximate surface area is 128 Å². The average Bonchev–Trinajstić information content (AvgIpc) is 2.42. The molecule has 0 saturated heterocycles. The van der Waals surface area contributed by atoms with Gasteiger partial charge in [-0.25, -0.2) is 4.39 Å². The monoisotopic (exact) mass is 356 g/mol. The molecule has 0 saturated carbocycles. The predicted octanol–water partition coefficient (Wildman–Crippen LogP) is 4.81. The molecule has 2 aromatic rings. The zero-order valence-corrected chi connectivity index (χ0v) is 12.5. The fourth-order valence-electron chi connectivity index (χ4n) is 1.86. The van der Waals surface area contributed by atoms with Crippen molar-refractivity contribution in [3.05, 3.63) is 68.2 Å². The van der Waals surface area contributed by atoms with Crippen LogP contribution in [-0.2, 0) is 0 Å². The van der Waals surface area contributed by atoms with Crippen LogP contribution >= 0.6 is 15.9 Å². The first-order valence-electron chi connectivity index (χ1n) is 6.04. The molecule has 0 amide bonds. The van der Waals surface area contributed by atoms with Gasteiger partial charge in [-0.2, -0.15) is 4.39 Å². The van der Waals surface area contributed by atoms with E-state index in [0.717, 1.165) is 16.1 Å². The molecule has 2 aromatic carbocycles. The van der Waals surface area contributed by atoms with Crippen LogP contribution in [0.15, 0.2) is 40.9 Å². The lowest BCUT2D eigenvalue weighted by Gasteiger charge is -2.16. The maximum absolute atomic E-state index is 13.7. The first-order chi connectivity index (χ1) is 9.88. The normalized spacial score (nSPS) is 12.0. The number of rotatable bonds is 4. The first-order valence-corrected chi connectivity index (χ1v) is 6.83. The van der Waals surface area contributed by atoms with E-state index in [9.17, 15) is 18.9 Å². The molecule has 110 valence electrons. The highest BCUT2D eigenvalue weighted by atomic mass is 79.9. The van der Waals surface area contributed by atoms with Crippen molar-refractivity contribution in [2.24, 2.45) is 0 Å². The van der Waals surface area contributed by atoms with Gasteiger partial charge in [-0.1, -0.05) is 28.1 Å². The number of hydrogen-bond donors (Lipinski definition) is 1. The molecule has 4 nitrogen and oxygen atoms in total. The van der Waals surface area contributed by atoms with E-state index >= 15 is 0 Å². The second kappa shape index (κ2) is 6.17.